The molecule has 2 heterocycles. The fraction of sp³-hybridized carbons (Fsp3) is 0.438. The molecule has 0 spiro atoms. The summed E-state index contributed by atoms with van der Waals surface area (Å²) in [5.74, 6) is -0.441. The average Bonchev–Trinajstić information content (AvgIpc) is 2.80. The van der Waals surface area contributed by atoms with Gasteiger partial charge >= 0.3 is 0 Å². The molecular weight excluding hydrogens is 317 g/mol. The van der Waals surface area contributed by atoms with Crippen molar-refractivity contribution in [1.29, 1.82) is 0 Å². The van der Waals surface area contributed by atoms with Crippen LogP contribution in [0.2, 0.25) is 0 Å². The van der Waals surface area contributed by atoms with E-state index in [1.807, 2.05) is 13.2 Å². The summed E-state index contributed by atoms with van der Waals surface area (Å²) < 4.78 is 42.4. The molecule has 0 aliphatic carbocycles. The maximum absolute atomic E-state index is 13.1. The second-order valence-electron chi connectivity index (χ2n) is 5.88. The Kier molecular flexibility index (Phi) is 4.50. The molecule has 1 saturated heterocycles. The number of halogens is 1. The minimum Gasteiger partial charge on any atom is -0.275 e. The first-order valence-electron chi connectivity index (χ1n) is 7.74. The number of nitrogens with zero attached hydrogens (tertiary/aromatic N) is 3. The van der Waals surface area contributed by atoms with Gasteiger partial charge < -0.3 is 0 Å². The summed E-state index contributed by atoms with van der Waals surface area (Å²) in [6, 6.07) is 4.81. The maximum atomic E-state index is 13.1. The smallest absolute Gasteiger partial charge is 0.243 e. The molecule has 3 rings (SSSR count). The molecule has 1 aromatic heterocycles. The maximum Gasteiger partial charge on any atom is 0.243 e. The van der Waals surface area contributed by atoms with E-state index >= 15 is 0 Å². The SMILES string of the molecule is Cn1cc([C@@H]2CCCCCN2S(=O)(=O)c2ccc(F)cc2)cn1. The molecule has 1 aliphatic heterocycles. The minimum atomic E-state index is -3.66. The first-order valence-corrected chi connectivity index (χ1v) is 9.18. The summed E-state index contributed by atoms with van der Waals surface area (Å²) in [4.78, 5) is 0.134. The van der Waals surface area contributed by atoms with Crippen LogP contribution in [0.1, 0.15) is 37.3 Å². The van der Waals surface area contributed by atoms with Crippen LogP contribution in [-0.4, -0.2) is 29.0 Å². The second-order valence-corrected chi connectivity index (χ2v) is 7.77. The van der Waals surface area contributed by atoms with E-state index in [4.69, 9.17) is 0 Å². The van der Waals surface area contributed by atoms with Gasteiger partial charge in [0.25, 0.3) is 0 Å². The Morgan fingerprint density at radius 1 is 1.17 bits per heavy atom. The Morgan fingerprint density at radius 3 is 2.57 bits per heavy atom. The van der Waals surface area contributed by atoms with Crippen LogP contribution >= 0.6 is 0 Å². The number of hydrogen-bond acceptors (Lipinski definition) is 3. The van der Waals surface area contributed by atoms with Gasteiger partial charge in [-0.2, -0.15) is 9.40 Å². The molecule has 23 heavy (non-hydrogen) atoms. The van der Waals surface area contributed by atoms with Crippen LogP contribution in [0.3, 0.4) is 0 Å². The number of rotatable bonds is 3. The van der Waals surface area contributed by atoms with Crippen LogP contribution in [0.15, 0.2) is 41.6 Å². The van der Waals surface area contributed by atoms with Gasteiger partial charge in [0.1, 0.15) is 5.82 Å². The molecule has 0 N–H and O–H groups in total. The molecule has 0 saturated carbocycles. The summed E-state index contributed by atoms with van der Waals surface area (Å²) in [5, 5.41) is 4.17. The molecule has 124 valence electrons. The zero-order valence-electron chi connectivity index (χ0n) is 13.0. The Hall–Kier alpha value is -1.73. The van der Waals surface area contributed by atoms with Crippen molar-refractivity contribution in [2.75, 3.05) is 6.54 Å². The van der Waals surface area contributed by atoms with Crippen LogP contribution in [0.4, 0.5) is 4.39 Å². The molecule has 1 fully saturated rings. The number of aryl methyl sites for hydroxylation is 1. The van der Waals surface area contributed by atoms with Crippen molar-refractivity contribution >= 4 is 10.0 Å². The predicted molar refractivity (Wildman–Crippen MR) is 84.7 cm³/mol. The van der Waals surface area contributed by atoms with Crippen molar-refractivity contribution in [1.82, 2.24) is 14.1 Å². The van der Waals surface area contributed by atoms with Crippen LogP contribution in [0.5, 0.6) is 0 Å². The second kappa shape index (κ2) is 6.41. The fourth-order valence-corrected chi connectivity index (χ4v) is 4.74. The summed E-state index contributed by atoms with van der Waals surface area (Å²) >= 11 is 0. The van der Waals surface area contributed by atoms with E-state index in [0.29, 0.717) is 6.54 Å². The van der Waals surface area contributed by atoms with Crippen molar-refractivity contribution in [2.24, 2.45) is 7.05 Å². The van der Waals surface area contributed by atoms with Gasteiger partial charge in [-0.15, -0.1) is 0 Å². The molecule has 0 bridgehead atoms. The molecule has 0 amide bonds. The normalized spacial score (nSPS) is 20.3. The van der Waals surface area contributed by atoms with Gasteiger partial charge in [-0.1, -0.05) is 12.8 Å². The minimum absolute atomic E-state index is 0.134. The Balaban J connectivity index is 2.00. The lowest BCUT2D eigenvalue weighted by Gasteiger charge is -2.28. The van der Waals surface area contributed by atoms with E-state index in [9.17, 15) is 12.8 Å². The third-order valence-electron chi connectivity index (χ3n) is 4.23. The third-order valence-corrected chi connectivity index (χ3v) is 6.16. The number of hydrogen-bond donors (Lipinski definition) is 0. The van der Waals surface area contributed by atoms with Crippen molar-refractivity contribution in [3.63, 3.8) is 0 Å². The van der Waals surface area contributed by atoms with Crippen LogP contribution < -0.4 is 0 Å². The lowest BCUT2D eigenvalue weighted by Crippen LogP contribution is -2.34. The monoisotopic (exact) mass is 337 g/mol. The molecular formula is C16H20FN3O2S. The van der Waals surface area contributed by atoms with Gasteiger partial charge in [0, 0.05) is 25.4 Å². The van der Waals surface area contributed by atoms with Gasteiger partial charge in [0.05, 0.1) is 17.1 Å². The Labute approximate surface area is 135 Å². The third kappa shape index (κ3) is 3.30. The van der Waals surface area contributed by atoms with Crippen molar-refractivity contribution in [3.05, 3.63) is 48.0 Å². The average molecular weight is 337 g/mol. The molecule has 0 unspecified atom stereocenters. The number of sulfonamides is 1. The lowest BCUT2D eigenvalue weighted by molar-refractivity contribution is 0.329. The quantitative estimate of drug-likeness (QED) is 0.865. The fourth-order valence-electron chi connectivity index (χ4n) is 3.06. The molecule has 0 radical (unpaired) electrons. The summed E-state index contributed by atoms with van der Waals surface area (Å²) in [6.45, 7) is 0.471. The number of benzene rings is 1. The summed E-state index contributed by atoms with van der Waals surface area (Å²) in [7, 11) is -1.84. The summed E-state index contributed by atoms with van der Waals surface area (Å²) in [6.07, 6.45) is 7.18. The highest BCUT2D eigenvalue weighted by molar-refractivity contribution is 7.89. The zero-order chi connectivity index (χ0) is 16.4. The van der Waals surface area contributed by atoms with E-state index in [1.165, 1.54) is 24.3 Å². The lowest BCUT2D eigenvalue weighted by atomic mass is 10.1. The highest BCUT2D eigenvalue weighted by atomic mass is 32.2. The Morgan fingerprint density at radius 2 is 1.91 bits per heavy atom. The first-order chi connectivity index (χ1) is 11.0. The molecule has 1 aromatic carbocycles. The van der Waals surface area contributed by atoms with Gasteiger partial charge in [0.2, 0.25) is 10.0 Å². The van der Waals surface area contributed by atoms with Gasteiger partial charge in [-0.3, -0.25) is 4.68 Å². The molecule has 5 nitrogen and oxygen atoms in total. The molecule has 1 atom stereocenters. The van der Waals surface area contributed by atoms with Crippen LogP contribution in [0.25, 0.3) is 0 Å². The molecule has 2 aromatic rings. The van der Waals surface area contributed by atoms with E-state index in [2.05, 4.69) is 5.10 Å². The zero-order valence-corrected chi connectivity index (χ0v) is 13.8. The molecule has 1 aliphatic rings. The standard InChI is InChI=1S/C16H20FN3O2S/c1-19-12-13(11-18-19)16-5-3-2-4-10-20(16)23(21,22)15-8-6-14(17)7-9-15/h6-9,11-12,16H,2-5,10H2,1H3/t16-/m0/s1. The van der Waals surface area contributed by atoms with Gasteiger partial charge in [0.15, 0.2) is 0 Å². The highest BCUT2D eigenvalue weighted by Gasteiger charge is 2.33. The van der Waals surface area contributed by atoms with E-state index < -0.39 is 15.8 Å². The first kappa shape index (κ1) is 16.1. The van der Waals surface area contributed by atoms with Gasteiger partial charge in [-0.05, 0) is 37.1 Å². The number of aromatic nitrogens is 2. The highest BCUT2D eigenvalue weighted by Crippen LogP contribution is 2.34. The predicted octanol–water partition coefficient (Wildman–Crippen LogP) is 2.87. The van der Waals surface area contributed by atoms with E-state index in [0.717, 1.165) is 31.2 Å². The van der Waals surface area contributed by atoms with Crippen LogP contribution in [0, 0.1) is 5.82 Å². The molecule has 7 heteroatoms. The van der Waals surface area contributed by atoms with Crippen molar-refractivity contribution in [3.8, 4) is 0 Å². The Bertz CT molecular complexity index is 771. The summed E-state index contributed by atoms with van der Waals surface area (Å²) in [5.41, 5.74) is 0.903. The van der Waals surface area contributed by atoms with Gasteiger partial charge in [-0.25, -0.2) is 12.8 Å². The van der Waals surface area contributed by atoms with Crippen LogP contribution in [-0.2, 0) is 17.1 Å². The van der Waals surface area contributed by atoms with Crippen molar-refractivity contribution < 1.29 is 12.8 Å². The van der Waals surface area contributed by atoms with Crippen molar-refractivity contribution in [2.45, 2.75) is 36.6 Å². The largest absolute Gasteiger partial charge is 0.275 e. The van der Waals surface area contributed by atoms with E-state index in [-0.39, 0.29) is 10.9 Å². The topological polar surface area (TPSA) is 55.2 Å². The van der Waals surface area contributed by atoms with E-state index in [1.54, 1.807) is 15.2 Å².